The van der Waals surface area contributed by atoms with Crippen LogP contribution in [0.15, 0.2) is 34.9 Å². The number of carbonyl (C=O) groups excluding carboxylic acids is 1. The Bertz CT molecular complexity index is 605. The van der Waals surface area contributed by atoms with Crippen molar-refractivity contribution < 1.29 is 9.32 Å². The largest absolute Gasteiger partial charge is 0.352 e. The SMILES string of the molecule is NC(=O)NC1CCN(c2noc(-c3ccccc3)n2)CC1. The highest BCUT2D eigenvalue weighted by molar-refractivity contribution is 5.72. The van der Waals surface area contributed by atoms with Crippen molar-refractivity contribution in [3.05, 3.63) is 30.3 Å². The molecule has 2 heterocycles. The molecule has 3 rings (SSSR count). The van der Waals surface area contributed by atoms with Crippen LogP contribution in [0, 0.1) is 0 Å². The molecule has 1 aromatic heterocycles. The van der Waals surface area contributed by atoms with Crippen LogP contribution in [-0.4, -0.2) is 35.3 Å². The Labute approximate surface area is 122 Å². The summed E-state index contributed by atoms with van der Waals surface area (Å²) in [7, 11) is 0. The van der Waals surface area contributed by atoms with Gasteiger partial charge in [-0.25, -0.2) is 4.79 Å². The molecule has 0 bridgehead atoms. The van der Waals surface area contributed by atoms with Gasteiger partial charge in [0.2, 0.25) is 0 Å². The fraction of sp³-hybridized carbons (Fsp3) is 0.357. The van der Waals surface area contributed by atoms with Crippen LogP contribution in [0.4, 0.5) is 10.7 Å². The lowest BCUT2D eigenvalue weighted by Crippen LogP contribution is -2.46. The van der Waals surface area contributed by atoms with E-state index in [-0.39, 0.29) is 6.04 Å². The van der Waals surface area contributed by atoms with Gasteiger partial charge in [0.05, 0.1) is 0 Å². The maximum Gasteiger partial charge on any atom is 0.312 e. The minimum atomic E-state index is -0.473. The van der Waals surface area contributed by atoms with Gasteiger partial charge in [-0.2, -0.15) is 4.98 Å². The Morgan fingerprint density at radius 2 is 2.00 bits per heavy atom. The van der Waals surface area contributed by atoms with Gasteiger partial charge in [-0.3, -0.25) is 0 Å². The minimum absolute atomic E-state index is 0.124. The zero-order valence-electron chi connectivity index (χ0n) is 11.5. The highest BCUT2D eigenvalue weighted by atomic mass is 16.5. The van der Waals surface area contributed by atoms with Crippen molar-refractivity contribution >= 4 is 12.0 Å². The number of amides is 2. The van der Waals surface area contributed by atoms with E-state index in [4.69, 9.17) is 10.3 Å². The fourth-order valence-electron chi connectivity index (χ4n) is 2.47. The van der Waals surface area contributed by atoms with Gasteiger partial charge in [-0.1, -0.05) is 18.2 Å². The standard InChI is InChI=1S/C14H17N5O2/c15-13(20)16-11-6-8-19(9-7-11)14-17-12(21-18-14)10-4-2-1-3-5-10/h1-5,11H,6-9H2,(H3,15,16,20). The number of nitrogens with one attached hydrogen (secondary N) is 1. The average Bonchev–Trinajstić information content (AvgIpc) is 2.98. The van der Waals surface area contributed by atoms with Crippen molar-refractivity contribution in [1.29, 1.82) is 0 Å². The average molecular weight is 287 g/mol. The zero-order valence-corrected chi connectivity index (χ0v) is 11.5. The first kappa shape index (κ1) is 13.4. The predicted molar refractivity (Wildman–Crippen MR) is 77.7 cm³/mol. The lowest BCUT2D eigenvalue weighted by atomic mass is 10.1. The monoisotopic (exact) mass is 287 g/mol. The Hall–Kier alpha value is -2.57. The number of rotatable bonds is 3. The second-order valence-electron chi connectivity index (χ2n) is 5.04. The van der Waals surface area contributed by atoms with E-state index in [9.17, 15) is 4.79 Å². The summed E-state index contributed by atoms with van der Waals surface area (Å²) < 4.78 is 5.30. The second-order valence-corrected chi connectivity index (χ2v) is 5.04. The van der Waals surface area contributed by atoms with Crippen LogP contribution < -0.4 is 16.0 Å². The molecule has 0 unspecified atom stereocenters. The van der Waals surface area contributed by atoms with E-state index >= 15 is 0 Å². The van der Waals surface area contributed by atoms with Crippen molar-refractivity contribution in [3.8, 4) is 11.5 Å². The second kappa shape index (κ2) is 5.82. The lowest BCUT2D eigenvalue weighted by molar-refractivity contribution is 0.242. The summed E-state index contributed by atoms with van der Waals surface area (Å²) in [5.74, 6) is 1.11. The maximum atomic E-state index is 10.8. The van der Waals surface area contributed by atoms with E-state index in [1.54, 1.807) is 0 Å². The Balaban J connectivity index is 1.64. The molecule has 21 heavy (non-hydrogen) atoms. The summed E-state index contributed by atoms with van der Waals surface area (Å²) in [6, 6.07) is 9.32. The van der Waals surface area contributed by atoms with Crippen LogP contribution in [0.25, 0.3) is 11.5 Å². The van der Waals surface area contributed by atoms with Crippen LogP contribution in [0.3, 0.4) is 0 Å². The number of urea groups is 1. The van der Waals surface area contributed by atoms with Gasteiger partial charge in [0.25, 0.3) is 11.8 Å². The van der Waals surface area contributed by atoms with Crippen molar-refractivity contribution in [2.24, 2.45) is 5.73 Å². The molecule has 2 aromatic rings. The number of nitrogens with two attached hydrogens (primary N) is 1. The molecule has 1 saturated heterocycles. The maximum absolute atomic E-state index is 10.8. The quantitative estimate of drug-likeness (QED) is 0.888. The molecule has 2 amide bonds. The third-order valence-electron chi connectivity index (χ3n) is 3.56. The summed E-state index contributed by atoms with van der Waals surface area (Å²) in [5, 5.41) is 6.76. The number of carbonyl (C=O) groups is 1. The normalized spacial score (nSPS) is 15.9. The van der Waals surface area contributed by atoms with E-state index in [1.165, 1.54) is 0 Å². The van der Waals surface area contributed by atoms with Crippen LogP contribution in [-0.2, 0) is 0 Å². The van der Waals surface area contributed by atoms with Gasteiger partial charge in [-0.15, -0.1) is 0 Å². The highest BCUT2D eigenvalue weighted by Crippen LogP contribution is 2.22. The first-order chi connectivity index (χ1) is 10.2. The van der Waals surface area contributed by atoms with Crippen LogP contribution in [0.5, 0.6) is 0 Å². The molecule has 3 N–H and O–H groups in total. The Morgan fingerprint density at radius 3 is 2.67 bits per heavy atom. The third-order valence-corrected chi connectivity index (χ3v) is 3.56. The van der Waals surface area contributed by atoms with Crippen LogP contribution >= 0.6 is 0 Å². The van der Waals surface area contributed by atoms with Gasteiger partial charge in [0.15, 0.2) is 0 Å². The molecule has 0 aliphatic carbocycles. The first-order valence-corrected chi connectivity index (χ1v) is 6.92. The smallest absolute Gasteiger partial charge is 0.312 e. The van der Waals surface area contributed by atoms with Crippen LogP contribution in [0.2, 0.25) is 0 Å². The van der Waals surface area contributed by atoms with Gasteiger partial charge < -0.3 is 20.5 Å². The van der Waals surface area contributed by atoms with Crippen molar-refractivity contribution in [3.63, 3.8) is 0 Å². The lowest BCUT2D eigenvalue weighted by Gasteiger charge is -2.30. The van der Waals surface area contributed by atoms with Gasteiger partial charge in [0, 0.05) is 24.7 Å². The summed E-state index contributed by atoms with van der Waals surface area (Å²) in [6.07, 6.45) is 1.64. The molecule has 7 heteroatoms. The Kier molecular flexibility index (Phi) is 3.72. The highest BCUT2D eigenvalue weighted by Gasteiger charge is 2.23. The predicted octanol–water partition coefficient (Wildman–Crippen LogP) is 1.37. The van der Waals surface area contributed by atoms with Crippen LogP contribution in [0.1, 0.15) is 12.8 Å². The van der Waals surface area contributed by atoms with Crippen molar-refractivity contribution in [1.82, 2.24) is 15.5 Å². The number of nitrogens with zero attached hydrogens (tertiary/aromatic N) is 3. The molecule has 1 aromatic carbocycles. The van der Waals surface area contributed by atoms with E-state index in [0.29, 0.717) is 11.8 Å². The van der Waals surface area contributed by atoms with E-state index in [0.717, 1.165) is 31.5 Å². The van der Waals surface area contributed by atoms with E-state index in [2.05, 4.69) is 20.4 Å². The van der Waals surface area contributed by atoms with Gasteiger partial charge >= 0.3 is 6.03 Å². The summed E-state index contributed by atoms with van der Waals surface area (Å²) in [6.45, 7) is 1.53. The fourth-order valence-corrected chi connectivity index (χ4v) is 2.47. The molecular weight excluding hydrogens is 270 g/mol. The molecule has 0 saturated carbocycles. The molecule has 1 aliphatic rings. The number of piperidine rings is 1. The number of hydrogen-bond donors (Lipinski definition) is 2. The molecule has 1 aliphatic heterocycles. The molecule has 0 radical (unpaired) electrons. The minimum Gasteiger partial charge on any atom is -0.352 e. The van der Waals surface area contributed by atoms with Crippen molar-refractivity contribution in [2.75, 3.05) is 18.0 Å². The number of primary amides is 1. The molecule has 7 nitrogen and oxygen atoms in total. The zero-order chi connectivity index (χ0) is 14.7. The summed E-state index contributed by atoms with van der Waals surface area (Å²) in [4.78, 5) is 17.3. The van der Waals surface area contributed by atoms with Gasteiger partial charge in [-0.05, 0) is 30.1 Å². The molecule has 0 atom stereocenters. The topological polar surface area (TPSA) is 97.3 Å². The summed E-state index contributed by atoms with van der Waals surface area (Å²) in [5.41, 5.74) is 6.04. The van der Waals surface area contributed by atoms with E-state index in [1.807, 2.05) is 30.3 Å². The first-order valence-electron chi connectivity index (χ1n) is 6.92. The number of benzene rings is 1. The Morgan fingerprint density at radius 1 is 1.29 bits per heavy atom. The number of aromatic nitrogens is 2. The molecule has 0 spiro atoms. The molecule has 1 fully saturated rings. The van der Waals surface area contributed by atoms with Gasteiger partial charge in [0.1, 0.15) is 0 Å². The van der Waals surface area contributed by atoms with E-state index < -0.39 is 6.03 Å². The molecular formula is C14H17N5O2. The number of anilines is 1. The molecule has 110 valence electrons. The third kappa shape index (κ3) is 3.13. The number of hydrogen-bond acceptors (Lipinski definition) is 5. The summed E-state index contributed by atoms with van der Waals surface area (Å²) >= 11 is 0. The van der Waals surface area contributed by atoms with Crippen molar-refractivity contribution in [2.45, 2.75) is 18.9 Å².